The third kappa shape index (κ3) is 2.91. The largest absolute Gasteiger partial charge is 0.299 e. The Morgan fingerprint density at radius 1 is 1.20 bits per heavy atom. The summed E-state index contributed by atoms with van der Waals surface area (Å²) >= 11 is 2.10. The first kappa shape index (κ1) is 11.3. The monoisotopic (exact) mass is 319 g/mol. The Bertz CT molecular complexity index is 334. The van der Waals surface area contributed by atoms with E-state index < -0.39 is 0 Å². The molecule has 1 aromatic carbocycles. The van der Waals surface area contributed by atoms with Gasteiger partial charge in [0.1, 0.15) is 5.82 Å². The van der Waals surface area contributed by atoms with Crippen LogP contribution >= 0.6 is 22.6 Å². The highest BCUT2D eigenvalue weighted by molar-refractivity contribution is 14.1. The van der Waals surface area contributed by atoms with Gasteiger partial charge in [0.2, 0.25) is 0 Å². The molecule has 0 N–H and O–H groups in total. The second-order valence-electron chi connectivity index (χ2n) is 4.05. The molecule has 0 unspecified atom stereocenters. The summed E-state index contributed by atoms with van der Waals surface area (Å²) < 4.78 is 14.1. The number of hydrogen-bond donors (Lipinski definition) is 0. The van der Waals surface area contributed by atoms with Gasteiger partial charge >= 0.3 is 0 Å². The second-order valence-corrected chi connectivity index (χ2v) is 5.13. The molecule has 1 aromatic rings. The smallest absolute Gasteiger partial charge is 0.136 e. The van der Waals surface area contributed by atoms with E-state index in [0.29, 0.717) is 0 Å². The summed E-state index contributed by atoms with van der Waals surface area (Å²) in [6, 6.07) is 5.36. The summed E-state index contributed by atoms with van der Waals surface area (Å²) in [5, 5.41) is 0. The molecule has 1 nitrogen and oxygen atoms in total. The van der Waals surface area contributed by atoms with Gasteiger partial charge in [0, 0.05) is 6.54 Å². The number of halogens is 2. The van der Waals surface area contributed by atoms with E-state index in [9.17, 15) is 4.39 Å². The molecule has 1 aliphatic rings. The SMILES string of the molecule is Fc1cccc(CN2CCCCC2)c1I. The molecule has 0 aliphatic carbocycles. The van der Waals surface area contributed by atoms with Crippen LogP contribution in [-0.4, -0.2) is 18.0 Å². The highest BCUT2D eigenvalue weighted by Gasteiger charge is 2.12. The van der Waals surface area contributed by atoms with Gasteiger partial charge in [-0.15, -0.1) is 0 Å². The minimum Gasteiger partial charge on any atom is -0.299 e. The summed E-state index contributed by atoms with van der Waals surface area (Å²) in [5.74, 6) is -0.0925. The maximum atomic E-state index is 13.3. The van der Waals surface area contributed by atoms with Gasteiger partial charge in [0.15, 0.2) is 0 Å². The van der Waals surface area contributed by atoms with E-state index in [0.717, 1.165) is 28.8 Å². The fraction of sp³-hybridized carbons (Fsp3) is 0.500. The number of likely N-dealkylation sites (tertiary alicyclic amines) is 1. The first-order valence-electron chi connectivity index (χ1n) is 5.42. The van der Waals surface area contributed by atoms with Gasteiger partial charge < -0.3 is 0 Å². The Hall–Kier alpha value is -0.160. The van der Waals surface area contributed by atoms with E-state index in [1.807, 2.05) is 6.07 Å². The zero-order chi connectivity index (χ0) is 10.7. The number of benzene rings is 1. The van der Waals surface area contributed by atoms with E-state index in [2.05, 4.69) is 27.5 Å². The highest BCUT2D eigenvalue weighted by Crippen LogP contribution is 2.19. The average molecular weight is 319 g/mol. The zero-order valence-electron chi connectivity index (χ0n) is 8.68. The predicted molar refractivity (Wildman–Crippen MR) is 68.2 cm³/mol. The van der Waals surface area contributed by atoms with Crippen molar-refractivity contribution in [1.82, 2.24) is 4.90 Å². The Morgan fingerprint density at radius 2 is 1.93 bits per heavy atom. The fourth-order valence-electron chi connectivity index (χ4n) is 2.03. The van der Waals surface area contributed by atoms with Crippen molar-refractivity contribution >= 4 is 22.6 Å². The maximum absolute atomic E-state index is 13.3. The van der Waals surface area contributed by atoms with Crippen molar-refractivity contribution in [3.63, 3.8) is 0 Å². The van der Waals surface area contributed by atoms with Gasteiger partial charge in [-0.1, -0.05) is 18.6 Å². The molecule has 0 aromatic heterocycles. The van der Waals surface area contributed by atoms with Crippen molar-refractivity contribution in [2.75, 3.05) is 13.1 Å². The van der Waals surface area contributed by atoms with Crippen molar-refractivity contribution in [2.45, 2.75) is 25.8 Å². The van der Waals surface area contributed by atoms with Gasteiger partial charge in [-0.2, -0.15) is 0 Å². The van der Waals surface area contributed by atoms with Crippen LogP contribution < -0.4 is 0 Å². The first-order chi connectivity index (χ1) is 7.27. The molecule has 82 valence electrons. The summed E-state index contributed by atoms with van der Waals surface area (Å²) in [6.07, 6.45) is 3.91. The lowest BCUT2D eigenvalue weighted by Crippen LogP contribution is -2.29. The molecule has 1 aliphatic heterocycles. The standard InChI is InChI=1S/C12H15FIN/c13-11-6-4-5-10(12(11)14)9-15-7-2-1-3-8-15/h4-6H,1-3,7-9H2. The molecule has 1 saturated heterocycles. The minimum atomic E-state index is -0.0925. The molecule has 1 heterocycles. The Balaban J connectivity index is 2.06. The van der Waals surface area contributed by atoms with Crippen molar-refractivity contribution < 1.29 is 4.39 Å². The Morgan fingerprint density at radius 3 is 2.67 bits per heavy atom. The molecule has 0 spiro atoms. The first-order valence-corrected chi connectivity index (χ1v) is 6.50. The van der Waals surface area contributed by atoms with E-state index in [-0.39, 0.29) is 5.82 Å². The molecule has 1 fully saturated rings. The predicted octanol–water partition coefficient (Wildman–Crippen LogP) is 3.42. The van der Waals surface area contributed by atoms with E-state index in [1.54, 1.807) is 6.07 Å². The molecule has 15 heavy (non-hydrogen) atoms. The van der Waals surface area contributed by atoms with Crippen LogP contribution in [0.15, 0.2) is 18.2 Å². The number of nitrogens with zero attached hydrogens (tertiary/aromatic N) is 1. The van der Waals surface area contributed by atoms with Crippen molar-refractivity contribution in [3.05, 3.63) is 33.1 Å². The molecule has 2 rings (SSSR count). The second kappa shape index (κ2) is 5.25. The molecular formula is C12H15FIN. The number of hydrogen-bond acceptors (Lipinski definition) is 1. The van der Waals surface area contributed by atoms with Crippen LogP contribution in [-0.2, 0) is 6.54 Å². The summed E-state index contributed by atoms with van der Waals surface area (Å²) in [7, 11) is 0. The van der Waals surface area contributed by atoms with Gasteiger partial charge in [0.05, 0.1) is 3.57 Å². The third-order valence-corrected chi connectivity index (χ3v) is 4.08. The van der Waals surface area contributed by atoms with Crippen molar-refractivity contribution in [2.24, 2.45) is 0 Å². The maximum Gasteiger partial charge on any atom is 0.136 e. The summed E-state index contributed by atoms with van der Waals surface area (Å²) in [4.78, 5) is 2.42. The van der Waals surface area contributed by atoms with Crippen LogP contribution in [0, 0.1) is 9.39 Å². The minimum absolute atomic E-state index is 0.0925. The Labute approximate surface area is 104 Å². The zero-order valence-corrected chi connectivity index (χ0v) is 10.8. The van der Waals surface area contributed by atoms with Crippen molar-refractivity contribution in [3.8, 4) is 0 Å². The molecule has 0 radical (unpaired) electrons. The number of piperidine rings is 1. The van der Waals surface area contributed by atoms with Gasteiger partial charge in [-0.05, 0) is 60.2 Å². The third-order valence-electron chi connectivity index (χ3n) is 2.87. The lowest BCUT2D eigenvalue weighted by atomic mass is 10.1. The van der Waals surface area contributed by atoms with E-state index in [4.69, 9.17) is 0 Å². The summed E-state index contributed by atoms with van der Waals surface area (Å²) in [5.41, 5.74) is 1.12. The Kier molecular flexibility index (Phi) is 3.97. The van der Waals surface area contributed by atoms with Gasteiger partial charge in [0.25, 0.3) is 0 Å². The average Bonchev–Trinajstić information content (AvgIpc) is 2.26. The van der Waals surface area contributed by atoms with Crippen LogP contribution in [0.25, 0.3) is 0 Å². The number of rotatable bonds is 2. The van der Waals surface area contributed by atoms with Crippen LogP contribution in [0.5, 0.6) is 0 Å². The van der Waals surface area contributed by atoms with Crippen molar-refractivity contribution in [1.29, 1.82) is 0 Å². The fourth-order valence-corrected chi connectivity index (χ4v) is 2.56. The highest BCUT2D eigenvalue weighted by atomic mass is 127. The normalized spacial score (nSPS) is 18.0. The molecule has 0 atom stereocenters. The molecule has 3 heteroatoms. The topological polar surface area (TPSA) is 3.24 Å². The van der Waals surface area contributed by atoms with Crippen LogP contribution in [0.3, 0.4) is 0 Å². The van der Waals surface area contributed by atoms with Crippen LogP contribution in [0.2, 0.25) is 0 Å². The molecular weight excluding hydrogens is 304 g/mol. The lowest BCUT2D eigenvalue weighted by molar-refractivity contribution is 0.220. The van der Waals surface area contributed by atoms with Crippen LogP contribution in [0.1, 0.15) is 24.8 Å². The molecule has 0 saturated carbocycles. The summed E-state index contributed by atoms with van der Waals surface area (Å²) in [6.45, 7) is 3.22. The van der Waals surface area contributed by atoms with E-state index >= 15 is 0 Å². The van der Waals surface area contributed by atoms with Crippen LogP contribution in [0.4, 0.5) is 4.39 Å². The van der Waals surface area contributed by atoms with E-state index in [1.165, 1.54) is 25.3 Å². The lowest BCUT2D eigenvalue weighted by Gasteiger charge is -2.26. The molecule has 0 amide bonds. The quantitative estimate of drug-likeness (QED) is 0.755. The van der Waals surface area contributed by atoms with Gasteiger partial charge in [-0.25, -0.2) is 4.39 Å². The molecule has 0 bridgehead atoms. The van der Waals surface area contributed by atoms with Gasteiger partial charge in [-0.3, -0.25) is 4.90 Å².